The minimum absolute atomic E-state index is 0.231. The van der Waals surface area contributed by atoms with E-state index in [1.807, 2.05) is 32.0 Å². The summed E-state index contributed by atoms with van der Waals surface area (Å²) in [4.78, 5) is 2.04. The minimum Gasteiger partial charge on any atom is -0.474 e. The molecule has 1 rings (SSSR count). The molecule has 0 aromatic heterocycles. The number of allylic oxidation sites excluding steroid dienone is 1. The minimum atomic E-state index is 0.231. The first kappa shape index (κ1) is 5.48. The fourth-order valence-corrected chi connectivity index (χ4v) is 0.774. The fourth-order valence-electron chi connectivity index (χ4n) is 0.774. The zero-order chi connectivity index (χ0) is 6.15. The van der Waals surface area contributed by atoms with Crippen LogP contribution in [0.15, 0.2) is 12.0 Å². The summed E-state index contributed by atoms with van der Waals surface area (Å²) in [6.45, 7) is 3.98. The van der Waals surface area contributed by atoms with E-state index >= 15 is 0 Å². The molecule has 0 N–H and O–H groups in total. The maximum absolute atomic E-state index is 5.26. The Bertz CT molecular complexity index is 120. The lowest BCUT2D eigenvalue weighted by atomic mass is 10.6. The highest BCUT2D eigenvalue weighted by atomic mass is 16.5. The Morgan fingerprint density at radius 1 is 1.75 bits per heavy atom. The van der Waals surface area contributed by atoms with Crippen molar-refractivity contribution in [2.75, 3.05) is 7.05 Å². The Hall–Kier alpha value is -0.660. The van der Waals surface area contributed by atoms with E-state index in [1.54, 1.807) is 0 Å². The second kappa shape index (κ2) is 1.69. The molecule has 1 aliphatic rings. The monoisotopic (exact) mass is 113 g/mol. The molecule has 0 fully saturated rings. The third kappa shape index (κ3) is 0.782. The first-order valence-corrected chi connectivity index (χ1v) is 2.77. The summed E-state index contributed by atoms with van der Waals surface area (Å²) >= 11 is 0. The van der Waals surface area contributed by atoms with E-state index < -0.39 is 0 Å². The van der Waals surface area contributed by atoms with E-state index in [2.05, 4.69) is 0 Å². The van der Waals surface area contributed by atoms with Crippen LogP contribution in [0.4, 0.5) is 0 Å². The van der Waals surface area contributed by atoms with Crippen LogP contribution < -0.4 is 0 Å². The van der Waals surface area contributed by atoms with Gasteiger partial charge in [-0.1, -0.05) is 0 Å². The molecule has 0 bridgehead atoms. The van der Waals surface area contributed by atoms with Gasteiger partial charge in [0.1, 0.15) is 5.76 Å². The summed E-state index contributed by atoms with van der Waals surface area (Å²) in [5.74, 6) is 1.00. The van der Waals surface area contributed by atoms with Crippen LogP contribution in [0.3, 0.4) is 0 Å². The Labute approximate surface area is 49.7 Å². The van der Waals surface area contributed by atoms with Crippen LogP contribution in [-0.4, -0.2) is 18.2 Å². The lowest BCUT2D eigenvalue weighted by Gasteiger charge is -2.13. The SMILES string of the molecule is CC1=CN(C)C(C)O1. The average molecular weight is 113 g/mol. The van der Waals surface area contributed by atoms with Gasteiger partial charge in [0, 0.05) is 13.2 Å². The molecule has 0 aromatic carbocycles. The number of hydrogen-bond acceptors (Lipinski definition) is 2. The van der Waals surface area contributed by atoms with Crippen molar-refractivity contribution in [1.29, 1.82) is 0 Å². The fraction of sp³-hybridized carbons (Fsp3) is 0.667. The van der Waals surface area contributed by atoms with Gasteiger partial charge in [-0.3, -0.25) is 0 Å². The van der Waals surface area contributed by atoms with Gasteiger partial charge in [-0.15, -0.1) is 0 Å². The predicted octanol–water partition coefficient (Wildman–Crippen LogP) is 1.16. The van der Waals surface area contributed by atoms with Crippen LogP contribution >= 0.6 is 0 Å². The normalized spacial score (nSPS) is 27.6. The summed E-state index contributed by atoms with van der Waals surface area (Å²) in [5, 5.41) is 0. The lowest BCUT2D eigenvalue weighted by Crippen LogP contribution is -2.19. The van der Waals surface area contributed by atoms with Crippen molar-refractivity contribution in [3.8, 4) is 0 Å². The van der Waals surface area contributed by atoms with E-state index in [0.29, 0.717) is 0 Å². The highest BCUT2D eigenvalue weighted by Crippen LogP contribution is 2.13. The zero-order valence-electron chi connectivity index (χ0n) is 5.51. The first-order valence-electron chi connectivity index (χ1n) is 2.77. The maximum atomic E-state index is 5.26. The van der Waals surface area contributed by atoms with Gasteiger partial charge in [0.15, 0.2) is 6.23 Å². The molecular formula is C6H11NO. The quantitative estimate of drug-likeness (QED) is 0.467. The van der Waals surface area contributed by atoms with E-state index in [9.17, 15) is 0 Å². The van der Waals surface area contributed by atoms with Crippen LogP contribution in [-0.2, 0) is 4.74 Å². The molecule has 0 aromatic rings. The Balaban J connectivity index is 2.56. The summed E-state index contributed by atoms with van der Waals surface area (Å²) in [5.41, 5.74) is 0. The molecule has 0 aliphatic carbocycles. The van der Waals surface area contributed by atoms with Gasteiger partial charge in [-0.2, -0.15) is 0 Å². The van der Waals surface area contributed by atoms with Crippen LogP contribution in [0.25, 0.3) is 0 Å². The smallest absolute Gasteiger partial charge is 0.168 e. The average Bonchev–Trinajstić information content (AvgIpc) is 1.85. The second-order valence-electron chi connectivity index (χ2n) is 2.12. The molecule has 1 aliphatic heterocycles. The molecular weight excluding hydrogens is 102 g/mol. The van der Waals surface area contributed by atoms with Crippen molar-refractivity contribution < 1.29 is 4.74 Å². The summed E-state index contributed by atoms with van der Waals surface area (Å²) in [6.07, 6.45) is 2.22. The number of nitrogens with zero attached hydrogens (tertiary/aromatic N) is 1. The molecule has 1 heterocycles. The van der Waals surface area contributed by atoms with Crippen LogP contribution in [0.5, 0.6) is 0 Å². The van der Waals surface area contributed by atoms with Gasteiger partial charge < -0.3 is 9.64 Å². The summed E-state index contributed by atoms with van der Waals surface area (Å²) in [7, 11) is 2.00. The molecule has 2 nitrogen and oxygen atoms in total. The van der Waals surface area contributed by atoms with Crippen LogP contribution in [0.1, 0.15) is 13.8 Å². The third-order valence-corrected chi connectivity index (χ3v) is 1.32. The molecule has 1 unspecified atom stereocenters. The molecule has 0 spiro atoms. The molecule has 0 radical (unpaired) electrons. The van der Waals surface area contributed by atoms with Gasteiger partial charge in [0.25, 0.3) is 0 Å². The van der Waals surface area contributed by atoms with E-state index in [0.717, 1.165) is 5.76 Å². The predicted molar refractivity (Wildman–Crippen MR) is 32.1 cm³/mol. The Morgan fingerprint density at radius 3 is 2.50 bits per heavy atom. The molecule has 0 saturated heterocycles. The first-order chi connectivity index (χ1) is 3.70. The molecule has 46 valence electrons. The number of hydrogen-bond donors (Lipinski definition) is 0. The third-order valence-electron chi connectivity index (χ3n) is 1.32. The van der Waals surface area contributed by atoms with Gasteiger partial charge in [0.2, 0.25) is 0 Å². The zero-order valence-corrected chi connectivity index (χ0v) is 5.51. The summed E-state index contributed by atoms with van der Waals surface area (Å²) in [6, 6.07) is 0. The van der Waals surface area contributed by atoms with Gasteiger partial charge in [-0.25, -0.2) is 0 Å². The standard InChI is InChI=1S/C6H11NO/c1-5-4-7(3)6(2)8-5/h4,6H,1-3H3. The number of rotatable bonds is 0. The largest absolute Gasteiger partial charge is 0.474 e. The van der Waals surface area contributed by atoms with E-state index in [-0.39, 0.29) is 6.23 Å². The highest BCUT2D eigenvalue weighted by Gasteiger charge is 2.13. The lowest BCUT2D eigenvalue weighted by molar-refractivity contribution is 0.0751. The van der Waals surface area contributed by atoms with Crippen molar-refractivity contribution in [2.45, 2.75) is 20.1 Å². The maximum Gasteiger partial charge on any atom is 0.168 e. The molecule has 0 saturated carbocycles. The molecule has 1 atom stereocenters. The van der Waals surface area contributed by atoms with Crippen LogP contribution in [0, 0.1) is 0 Å². The van der Waals surface area contributed by atoms with Crippen molar-refractivity contribution >= 4 is 0 Å². The summed E-state index contributed by atoms with van der Waals surface area (Å²) < 4.78 is 5.26. The Morgan fingerprint density at radius 2 is 2.38 bits per heavy atom. The van der Waals surface area contributed by atoms with E-state index in [1.165, 1.54) is 0 Å². The number of ether oxygens (including phenoxy) is 1. The molecule has 8 heavy (non-hydrogen) atoms. The second-order valence-corrected chi connectivity index (χ2v) is 2.12. The Kier molecular flexibility index (Phi) is 1.16. The van der Waals surface area contributed by atoms with Crippen LogP contribution in [0.2, 0.25) is 0 Å². The van der Waals surface area contributed by atoms with Crippen molar-refractivity contribution in [3.63, 3.8) is 0 Å². The molecule has 0 amide bonds. The topological polar surface area (TPSA) is 12.5 Å². The molecule has 2 heteroatoms. The van der Waals surface area contributed by atoms with Gasteiger partial charge >= 0.3 is 0 Å². The van der Waals surface area contributed by atoms with Crippen molar-refractivity contribution in [3.05, 3.63) is 12.0 Å². The van der Waals surface area contributed by atoms with Crippen molar-refractivity contribution in [1.82, 2.24) is 4.90 Å². The van der Waals surface area contributed by atoms with E-state index in [4.69, 9.17) is 4.74 Å². The van der Waals surface area contributed by atoms with Gasteiger partial charge in [-0.05, 0) is 13.8 Å². The highest BCUT2D eigenvalue weighted by molar-refractivity contribution is 4.94. The van der Waals surface area contributed by atoms with Gasteiger partial charge in [0.05, 0.1) is 0 Å². The van der Waals surface area contributed by atoms with Crippen molar-refractivity contribution in [2.24, 2.45) is 0 Å².